The van der Waals surface area contributed by atoms with E-state index in [0.29, 0.717) is 0 Å². The van der Waals surface area contributed by atoms with Gasteiger partial charge in [0.2, 0.25) is 0 Å². The highest BCUT2D eigenvalue weighted by molar-refractivity contribution is 5.89. The second-order valence-corrected chi connectivity index (χ2v) is 3.46. The third kappa shape index (κ3) is 3.76. The van der Waals surface area contributed by atoms with Gasteiger partial charge in [0.25, 0.3) is 0 Å². The first-order valence-corrected chi connectivity index (χ1v) is 4.49. The minimum Gasteiger partial charge on any atom is -0.478 e. The topological polar surface area (TPSA) is 37.3 Å². The van der Waals surface area contributed by atoms with Gasteiger partial charge in [-0.2, -0.15) is 0 Å². The number of carbonyl (C=O) groups is 1. The molecule has 0 atom stereocenters. The summed E-state index contributed by atoms with van der Waals surface area (Å²) in [5, 5.41) is 8.59. The molecule has 0 unspecified atom stereocenters. The Labute approximate surface area is 96.0 Å². The zero-order chi connectivity index (χ0) is 10.7. The lowest BCUT2D eigenvalue weighted by Crippen LogP contribution is -1.91. The van der Waals surface area contributed by atoms with Gasteiger partial charge in [-0.1, -0.05) is 18.2 Å². The van der Waals surface area contributed by atoms with Gasteiger partial charge in [0.15, 0.2) is 0 Å². The monoisotopic (exact) mass is 226 g/mol. The molecule has 3 heteroatoms. The number of aryl methyl sites for hydroxylation is 2. The van der Waals surface area contributed by atoms with Crippen LogP contribution in [0.15, 0.2) is 24.3 Å². The number of hydrogen-bond acceptors (Lipinski definition) is 1. The summed E-state index contributed by atoms with van der Waals surface area (Å²) in [6.45, 7) is 5.86. The fourth-order valence-electron chi connectivity index (χ4n) is 1.26. The van der Waals surface area contributed by atoms with Gasteiger partial charge in [0.1, 0.15) is 0 Å². The Morgan fingerprint density at radius 1 is 1.27 bits per heavy atom. The highest BCUT2D eigenvalue weighted by atomic mass is 35.5. The number of carboxylic acids is 1. The summed E-state index contributed by atoms with van der Waals surface area (Å²) in [4.78, 5) is 10.5. The second kappa shape index (κ2) is 5.56. The summed E-state index contributed by atoms with van der Waals surface area (Å²) in [6.07, 6.45) is 1.23. The lowest BCUT2D eigenvalue weighted by molar-refractivity contribution is -0.131. The molecule has 82 valence electrons. The van der Waals surface area contributed by atoms with Crippen molar-refractivity contribution in [3.63, 3.8) is 0 Å². The van der Waals surface area contributed by atoms with Gasteiger partial charge in [0.05, 0.1) is 0 Å². The molecule has 0 radical (unpaired) electrons. The molecular formula is C12H15ClO2. The van der Waals surface area contributed by atoms with E-state index in [1.165, 1.54) is 17.2 Å². The molecule has 0 heterocycles. The predicted octanol–water partition coefficient (Wildman–Crippen LogP) is 3.21. The zero-order valence-electron chi connectivity index (χ0n) is 9.07. The first-order chi connectivity index (χ1) is 6.50. The maximum absolute atomic E-state index is 10.5. The Morgan fingerprint density at radius 3 is 2.33 bits per heavy atom. The Kier molecular flexibility index (Phi) is 5.09. The van der Waals surface area contributed by atoms with Crippen LogP contribution in [-0.2, 0) is 4.79 Å². The molecule has 0 aliphatic rings. The van der Waals surface area contributed by atoms with Gasteiger partial charge in [-0.15, -0.1) is 12.4 Å². The van der Waals surface area contributed by atoms with Crippen molar-refractivity contribution in [2.75, 3.05) is 0 Å². The van der Waals surface area contributed by atoms with E-state index in [1.807, 2.05) is 32.0 Å². The minimum atomic E-state index is -0.902. The van der Waals surface area contributed by atoms with Crippen LogP contribution in [0, 0.1) is 13.8 Å². The summed E-state index contributed by atoms with van der Waals surface area (Å²) in [5.41, 5.74) is 4.15. The molecule has 1 aromatic carbocycles. The molecule has 0 bridgehead atoms. The molecule has 15 heavy (non-hydrogen) atoms. The molecule has 0 aliphatic heterocycles. The van der Waals surface area contributed by atoms with Crippen molar-refractivity contribution in [2.24, 2.45) is 0 Å². The molecule has 0 aromatic heterocycles. The SMILES string of the molecule is CC(=CC(=O)O)c1ccc(C)c(C)c1.Cl. The van der Waals surface area contributed by atoms with E-state index in [2.05, 4.69) is 0 Å². The van der Waals surface area contributed by atoms with E-state index >= 15 is 0 Å². The van der Waals surface area contributed by atoms with Crippen molar-refractivity contribution in [1.29, 1.82) is 0 Å². The highest BCUT2D eigenvalue weighted by Crippen LogP contribution is 2.17. The quantitative estimate of drug-likeness (QED) is 0.787. The third-order valence-corrected chi connectivity index (χ3v) is 2.30. The van der Waals surface area contributed by atoms with Gasteiger partial charge in [-0.3, -0.25) is 0 Å². The molecule has 0 saturated heterocycles. The van der Waals surface area contributed by atoms with Crippen molar-refractivity contribution < 1.29 is 9.90 Å². The second-order valence-electron chi connectivity index (χ2n) is 3.46. The predicted molar refractivity (Wildman–Crippen MR) is 64.5 cm³/mol. The standard InChI is InChI=1S/C12H14O2.ClH/c1-8-4-5-11(6-9(8)2)10(3)7-12(13)14;/h4-7H,1-3H3,(H,13,14);1H. The van der Waals surface area contributed by atoms with Crippen molar-refractivity contribution >= 4 is 23.9 Å². The number of aliphatic carboxylic acids is 1. The zero-order valence-corrected chi connectivity index (χ0v) is 9.89. The number of allylic oxidation sites excluding steroid dienone is 1. The van der Waals surface area contributed by atoms with Crippen molar-refractivity contribution in [1.82, 2.24) is 0 Å². The van der Waals surface area contributed by atoms with Crippen LogP contribution < -0.4 is 0 Å². The highest BCUT2D eigenvalue weighted by Gasteiger charge is 2.00. The van der Waals surface area contributed by atoms with Crippen LogP contribution in [0.4, 0.5) is 0 Å². The van der Waals surface area contributed by atoms with Crippen LogP contribution in [0.3, 0.4) is 0 Å². The van der Waals surface area contributed by atoms with E-state index in [0.717, 1.165) is 11.1 Å². The maximum atomic E-state index is 10.5. The van der Waals surface area contributed by atoms with E-state index in [4.69, 9.17) is 5.11 Å². The molecule has 0 spiro atoms. The van der Waals surface area contributed by atoms with Crippen molar-refractivity contribution in [2.45, 2.75) is 20.8 Å². The van der Waals surface area contributed by atoms with Crippen LogP contribution in [0.5, 0.6) is 0 Å². The number of rotatable bonds is 2. The fourth-order valence-corrected chi connectivity index (χ4v) is 1.26. The largest absolute Gasteiger partial charge is 0.478 e. The van der Waals surface area contributed by atoms with Gasteiger partial charge < -0.3 is 5.11 Å². The molecule has 1 N–H and O–H groups in total. The molecule has 1 aromatic rings. The molecule has 1 rings (SSSR count). The number of halogens is 1. The molecular weight excluding hydrogens is 212 g/mol. The van der Waals surface area contributed by atoms with Crippen LogP contribution >= 0.6 is 12.4 Å². The van der Waals surface area contributed by atoms with Crippen molar-refractivity contribution in [3.8, 4) is 0 Å². The summed E-state index contributed by atoms with van der Waals surface area (Å²) < 4.78 is 0. The van der Waals surface area contributed by atoms with E-state index in [1.54, 1.807) is 6.92 Å². The number of hydrogen-bond donors (Lipinski definition) is 1. The first-order valence-electron chi connectivity index (χ1n) is 4.49. The lowest BCUT2D eigenvalue weighted by atomic mass is 10.0. The molecule has 0 amide bonds. The van der Waals surface area contributed by atoms with Crippen LogP contribution in [0.1, 0.15) is 23.6 Å². The van der Waals surface area contributed by atoms with Gasteiger partial charge in [-0.05, 0) is 43.0 Å². The molecule has 0 fully saturated rings. The normalized spacial score (nSPS) is 10.7. The Morgan fingerprint density at radius 2 is 1.87 bits per heavy atom. The van der Waals surface area contributed by atoms with Crippen molar-refractivity contribution in [3.05, 3.63) is 41.0 Å². The fraction of sp³-hybridized carbons (Fsp3) is 0.250. The van der Waals surface area contributed by atoms with E-state index in [9.17, 15) is 4.79 Å². The molecule has 0 saturated carbocycles. The minimum absolute atomic E-state index is 0. The third-order valence-electron chi connectivity index (χ3n) is 2.30. The lowest BCUT2D eigenvalue weighted by Gasteiger charge is -2.04. The summed E-state index contributed by atoms with van der Waals surface area (Å²) in [5.74, 6) is -0.902. The smallest absolute Gasteiger partial charge is 0.328 e. The average Bonchev–Trinajstić information content (AvgIpc) is 2.08. The summed E-state index contributed by atoms with van der Waals surface area (Å²) >= 11 is 0. The maximum Gasteiger partial charge on any atom is 0.328 e. The van der Waals surface area contributed by atoms with Gasteiger partial charge >= 0.3 is 5.97 Å². The molecule has 0 aliphatic carbocycles. The van der Waals surface area contributed by atoms with Crippen LogP contribution in [0.25, 0.3) is 5.57 Å². The first kappa shape index (κ1) is 13.7. The Hall–Kier alpha value is -1.28. The summed E-state index contributed by atoms with van der Waals surface area (Å²) in [6, 6.07) is 5.95. The van der Waals surface area contributed by atoms with Crippen LogP contribution in [0.2, 0.25) is 0 Å². The Bertz CT molecular complexity index is 395. The van der Waals surface area contributed by atoms with Gasteiger partial charge in [0, 0.05) is 6.08 Å². The number of benzene rings is 1. The van der Waals surface area contributed by atoms with Gasteiger partial charge in [-0.25, -0.2) is 4.79 Å². The number of carboxylic acid groups (broad SMARTS) is 1. The average molecular weight is 227 g/mol. The van der Waals surface area contributed by atoms with Crippen LogP contribution in [-0.4, -0.2) is 11.1 Å². The van der Waals surface area contributed by atoms with E-state index in [-0.39, 0.29) is 12.4 Å². The summed E-state index contributed by atoms with van der Waals surface area (Å²) in [7, 11) is 0. The Balaban J connectivity index is 0.00000196. The van der Waals surface area contributed by atoms with E-state index < -0.39 is 5.97 Å². The molecule has 2 nitrogen and oxygen atoms in total.